The average molecular weight is 250 g/mol. The molecule has 1 atom stereocenters. The molecule has 1 unspecified atom stereocenters. The summed E-state index contributed by atoms with van der Waals surface area (Å²) in [5, 5.41) is 0. The zero-order valence-electron chi connectivity index (χ0n) is 11.3. The van der Waals surface area contributed by atoms with Crippen LogP contribution in [0.15, 0.2) is 24.3 Å². The number of hydrogen-bond donors (Lipinski definition) is 1. The van der Waals surface area contributed by atoms with E-state index in [1.54, 1.807) is 19.0 Å². The Kier molecular flexibility index (Phi) is 5.65. The predicted octanol–water partition coefficient (Wildman–Crippen LogP) is 1.29. The van der Waals surface area contributed by atoms with Crippen LogP contribution in [0.3, 0.4) is 0 Å². The number of nitrogens with two attached hydrogens (primary N) is 1. The molecule has 2 N–H and O–H groups in total. The van der Waals surface area contributed by atoms with Crippen LogP contribution in [0.4, 0.5) is 0 Å². The fourth-order valence-electron chi connectivity index (χ4n) is 1.85. The molecule has 0 aliphatic heterocycles. The van der Waals surface area contributed by atoms with Crippen molar-refractivity contribution in [1.82, 2.24) is 4.90 Å². The molecule has 4 heteroatoms. The van der Waals surface area contributed by atoms with Crippen molar-refractivity contribution in [2.24, 2.45) is 11.7 Å². The first-order valence-corrected chi connectivity index (χ1v) is 6.21. The number of amides is 1. The maximum absolute atomic E-state index is 11.9. The van der Waals surface area contributed by atoms with Gasteiger partial charge in [-0.05, 0) is 31.0 Å². The highest BCUT2D eigenvalue weighted by molar-refractivity contribution is 5.78. The van der Waals surface area contributed by atoms with E-state index in [1.165, 1.54) is 0 Å². The zero-order chi connectivity index (χ0) is 13.5. The molecule has 0 spiro atoms. The summed E-state index contributed by atoms with van der Waals surface area (Å²) in [7, 11) is 3.50. The van der Waals surface area contributed by atoms with Gasteiger partial charge >= 0.3 is 0 Å². The molecule has 1 aromatic rings. The molecule has 0 fully saturated rings. The van der Waals surface area contributed by atoms with Crippen LogP contribution in [0.1, 0.15) is 12.5 Å². The van der Waals surface area contributed by atoms with Crippen LogP contribution < -0.4 is 10.5 Å². The molecule has 4 nitrogen and oxygen atoms in total. The molecule has 0 aliphatic rings. The van der Waals surface area contributed by atoms with Gasteiger partial charge in [-0.15, -0.1) is 0 Å². The third-order valence-electron chi connectivity index (χ3n) is 2.77. The standard InChI is InChI=1S/C14H22N2O2/c1-4-18-13-7-5-6-11(9-13)8-12(10-15)14(17)16(2)3/h5-7,9,12H,4,8,10,15H2,1-3H3. The van der Waals surface area contributed by atoms with Crippen molar-refractivity contribution in [3.63, 3.8) is 0 Å². The topological polar surface area (TPSA) is 55.6 Å². The third-order valence-corrected chi connectivity index (χ3v) is 2.77. The van der Waals surface area contributed by atoms with E-state index in [9.17, 15) is 4.79 Å². The van der Waals surface area contributed by atoms with Gasteiger partial charge in [-0.25, -0.2) is 0 Å². The van der Waals surface area contributed by atoms with Crippen LogP contribution in [0.2, 0.25) is 0 Å². The molecule has 0 saturated heterocycles. The van der Waals surface area contributed by atoms with Crippen LogP contribution in [-0.4, -0.2) is 38.1 Å². The third kappa shape index (κ3) is 4.04. The van der Waals surface area contributed by atoms with Crippen molar-refractivity contribution in [1.29, 1.82) is 0 Å². The Bertz CT molecular complexity index is 391. The molecular formula is C14H22N2O2. The van der Waals surface area contributed by atoms with Gasteiger partial charge in [0.25, 0.3) is 0 Å². The summed E-state index contributed by atoms with van der Waals surface area (Å²) in [5.41, 5.74) is 6.75. The van der Waals surface area contributed by atoms with Crippen molar-refractivity contribution in [2.75, 3.05) is 27.2 Å². The number of carbonyl (C=O) groups is 1. The average Bonchev–Trinajstić information content (AvgIpc) is 2.36. The number of hydrogen-bond acceptors (Lipinski definition) is 3. The van der Waals surface area contributed by atoms with Gasteiger partial charge < -0.3 is 15.4 Å². The van der Waals surface area contributed by atoms with E-state index >= 15 is 0 Å². The van der Waals surface area contributed by atoms with E-state index in [0.717, 1.165) is 11.3 Å². The number of rotatable bonds is 6. The highest BCUT2D eigenvalue weighted by Gasteiger charge is 2.19. The minimum atomic E-state index is -0.170. The first kappa shape index (κ1) is 14.5. The molecule has 1 rings (SSSR count). The van der Waals surface area contributed by atoms with E-state index in [0.29, 0.717) is 19.6 Å². The number of benzene rings is 1. The number of nitrogens with zero attached hydrogens (tertiary/aromatic N) is 1. The van der Waals surface area contributed by atoms with Crippen LogP contribution in [0, 0.1) is 5.92 Å². The molecule has 100 valence electrons. The lowest BCUT2D eigenvalue weighted by atomic mass is 9.98. The van der Waals surface area contributed by atoms with E-state index in [2.05, 4.69) is 0 Å². The first-order valence-electron chi connectivity index (χ1n) is 6.21. The van der Waals surface area contributed by atoms with Crippen molar-refractivity contribution >= 4 is 5.91 Å². The monoisotopic (exact) mass is 250 g/mol. The summed E-state index contributed by atoms with van der Waals surface area (Å²) in [4.78, 5) is 13.5. The van der Waals surface area contributed by atoms with E-state index < -0.39 is 0 Å². The second-order valence-electron chi connectivity index (χ2n) is 4.45. The van der Waals surface area contributed by atoms with Gasteiger partial charge in [0.05, 0.1) is 12.5 Å². The lowest BCUT2D eigenvalue weighted by molar-refractivity contribution is -0.132. The minimum Gasteiger partial charge on any atom is -0.494 e. The Morgan fingerprint density at radius 2 is 2.17 bits per heavy atom. The number of ether oxygens (including phenoxy) is 1. The maximum atomic E-state index is 11.9. The molecule has 1 aromatic carbocycles. The normalized spacial score (nSPS) is 12.0. The quantitative estimate of drug-likeness (QED) is 0.827. The van der Waals surface area contributed by atoms with Gasteiger partial charge in [0.15, 0.2) is 0 Å². The van der Waals surface area contributed by atoms with Gasteiger partial charge in [0, 0.05) is 20.6 Å². The first-order chi connectivity index (χ1) is 8.58. The highest BCUT2D eigenvalue weighted by Crippen LogP contribution is 2.17. The van der Waals surface area contributed by atoms with Crippen LogP contribution in [0.5, 0.6) is 5.75 Å². The van der Waals surface area contributed by atoms with Crippen LogP contribution in [-0.2, 0) is 11.2 Å². The molecule has 0 saturated carbocycles. The number of carbonyl (C=O) groups excluding carboxylic acids is 1. The molecule has 0 aliphatic carbocycles. The smallest absolute Gasteiger partial charge is 0.226 e. The summed E-state index contributed by atoms with van der Waals surface area (Å²) < 4.78 is 5.44. The van der Waals surface area contributed by atoms with Crippen molar-refractivity contribution < 1.29 is 9.53 Å². The van der Waals surface area contributed by atoms with E-state index in [1.807, 2.05) is 31.2 Å². The van der Waals surface area contributed by atoms with Crippen LogP contribution in [0.25, 0.3) is 0 Å². The van der Waals surface area contributed by atoms with Gasteiger partial charge in [-0.1, -0.05) is 12.1 Å². The highest BCUT2D eigenvalue weighted by atomic mass is 16.5. The van der Waals surface area contributed by atoms with Crippen molar-refractivity contribution in [3.8, 4) is 5.75 Å². The fraction of sp³-hybridized carbons (Fsp3) is 0.500. The van der Waals surface area contributed by atoms with Crippen molar-refractivity contribution in [2.45, 2.75) is 13.3 Å². The van der Waals surface area contributed by atoms with Gasteiger partial charge in [-0.2, -0.15) is 0 Å². The molecule has 1 amide bonds. The Balaban J connectivity index is 2.75. The van der Waals surface area contributed by atoms with Gasteiger partial charge in [-0.3, -0.25) is 4.79 Å². The molecule has 0 bridgehead atoms. The Morgan fingerprint density at radius 3 is 2.72 bits per heavy atom. The van der Waals surface area contributed by atoms with Gasteiger partial charge in [0.1, 0.15) is 5.75 Å². The summed E-state index contributed by atoms with van der Waals surface area (Å²) in [6, 6.07) is 7.81. The minimum absolute atomic E-state index is 0.0688. The molecule has 18 heavy (non-hydrogen) atoms. The maximum Gasteiger partial charge on any atom is 0.226 e. The van der Waals surface area contributed by atoms with Gasteiger partial charge in [0.2, 0.25) is 5.91 Å². The van der Waals surface area contributed by atoms with E-state index in [-0.39, 0.29) is 11.8 Å². The Hall–Kier alpha value is -1.55. The second kappa shape index (κ2) is 7.01. The molecule has 0 heterocycles. The lowest BCUT2D eigenvalue weighted by Gasteiger charge is -2.19. The zero-order valence-corrected chi connectivity index (χ0v) is 11.3. The molecular weight excluding hydrogens is 228 g/mol. The Labute approximate surface area is 109 Å². The predicted molar refractivity (Wildman–Crippen MR) is 72.6 cm³/mol. The summed E-state index contributed by atoms with van der Waals surface area (Å²) in [5.74, 6) is 0.735. The second-order valence-corrected chi connectivity index (χ2v) is 4.45. The summed E-state index contributed by atoms with van der Waals surface area (Å²) in [6.07, 6.45) is 0.647. The van der Waals surface area contributed by atoms with Crippen LogP contribution >= 0.6 is 0 Å². The molecule has 0 radical (unpaired) electrons. The van der Waals surface area contributed by atoms with E-state index in [4.69, 9.17) is 10.5 Å². The lowest BCUT2D eigenvalue weighted by Crippen LogP contribution is -2.35. The summed E-state index contributed by atoms with van der Waals surface area (Å²) in [6.45, 7) is 2.95. The van der Waals surface area contributed by atoms with Crippen molar-refractivity contribution in [3.05, 3.63) is 29.8 Å². The molecule has 0 aromatic heterocycles. The Morgan fingerprint density at radius 1 is 1.44 bits per heavy atom. The fourth-order valence-corrected chi connectivity index (χ4v) is 1.85. The largest absolute Gasteiger partial charge is 0.494 e. The summed E-state index contributed by atoms with van der Waals surface area (Å²) >= 11 is 0. The SMILES string of the molecule is CCOc1cccc(CC(CN)C(=O)N(C)C)c1.